The Kier molecular flexibility index (Phi) is 7.67. The molecule has 0 saturated heterocycles. The van der Waals surface area contributed by atoms with Crippen molar-refractivity contribution in [3.8, 4) is 17.1 Å². The smallest absolute Gasteiger partial charge is 0.217 e. The van der Waals surface area contributed by atoms with Crippen molar-refractivity contribution >= 4 is 23.5 Å². The van der Waals surface area contributed by atoms with E-state index < -0.39 is 0 Å². The van der Waals surface area contributed by atoms with Gasteiger partial charge in [-0.15, -0.1) is 10.2 Å². The van der Waals surface area contributed by atoms with E-state index in [-0.39, 0.29) is 23.5 Å². The standard InChI is InChI=1S/C26H26N4O4S/c1-17(27-18(2)31)19-9-11-20(12-10-19)24(32)16-35-26-29-28-25(21-6-4-7-22(14-21)33-3)30(26)15-23-8-5-13-34-23/h4-14,17H,15-16H2,1-3H3,(H,27,31). The van der Waals surface area contributed by atoms with Gasteiger partial charge in [0.2, 0.25) is 5.91 Å². The van der Waals surface area contributed by atoms with Gasteiger partial charge in [-0.3, -0.25) is 14.2 Å². The summed E-state index contributed by atoms with van der Waals surface area (Å²) >= 11 is 1.33. The van der Waals surface area contributed by atoms with Gasteiger partial charge in [-0.05, 0) is 36.8 Å². The van der Waals surface area contributed by atoms with E-state index in [0.29, 0.717) is 23.1 Å². The lowest BCUT2D eigenvalue weighted by Gasteiger charge is -2.13. The van der Waals surface area contributed by atoms with Crippen LogP contribution in [0.4, 0.5) is 0 Å². The number of Topliss-reactive ketones (excluding diaryl/α,β-unsaturated/α-hetero) is 1. The number of amides is 1. The second kappa shape index (κ2) is 11.1. The monoisotopic (exact) mass is 490 g/mol. The predicted molar refractivity (Wildman–Crippen MR) is 134 cm³/mol. The summed E-state index contributed by atoms with van der Waals surface area (Å²) in [6, 6.07) is 18.5. The van der Waals surface area contributed by atoms with Gasteiger partial charge in [0.1, 0.15) is 11.5 Å². The molecule has 8 nitrogen and oxygen atoms in total. The van der Waals surface area contributed by atoms with Crippen molar-refractivity contribution in [2.24, 2.45) is 0 Å². The molecule has 2 aromatic heterocycles. The van der Waals surface area contributed by atoms with Crippen molar-refractivity contribution in [1.82, 2.24) is 20.1 Å². The highest BCUT2D eigenvalue weighted by Gasteiger charge is 2.18. The van der Waals surface area contributed by atoms with E-state index in [2.05, 4.69) is 15.5 Å². The summed E-state index contributed by atoms with van der Waals surface area (Å²) in [7, 11) is 1.62. The molecule has 9 heteroatoms. The summed E-state index contributed by atoms with van der Waals surface area (Å²) in [4.78, 5) is 24.2. The van der Waals surface area contributed by atoms with E-state index in [4.69, 9.17) is 9.15 Å². The van der Waals surface area contributed by atoms with Crippen molar-refractivity contribution in [1.29, 1.82) is 0 Å². The van der Waals surface area contributed by atoms with Crippen LogP contribution in [0.25, 0.3) is 11.4 Å². The van der Waals surface area contributed by atoms with E-state index in [0.717, 1.165) is 22.6 Å². The Morgan fingerprint density at radius 3 is 2.60 bits per heavy atom. The van der Waals surface area contributed by atoms with Crippen LogP contribution in [0.2, 0.25) is 0 Å². The number of thioether (sulfide) groups is 1. The number of nitrogens with one attached hydrogen (secondary N) is 1. The molecule has 35 heavy (non-hydrogen) atoms. The molecule has 0 aliphatic heterocycles. The molecule has 4 aromatic rings. The number of ketones is 1. The van der Waals surface area contributed by atoms with E-state index in [9.17, 15) is 9.59 Å². The zero-order chi connectivity index (χ0) is 24.8. The van der Waals surface area contributed by atoms with Gasteiger partial charge in [0.15, 0.2) is 16.8 Å². The summed E-state index contributed by atoms with van der Waals surface area (Å²) in [6.45, 7) is 3.81. The van der Waals surface area contributed by atoms with Gasteiger partial charge in [-0.25, -0.2) is 0 Å². The number of benzene rings is 2. The van der Waals surface area contributed by atoms with Crippen molar-refractivity contribution in [2.75, 3.05) is 12.9 Å². The molecule has 0 bridgehead atoms. The van der Waals surface area contributed by atoms with Gasteiger partial charge in [0, 0.05) is 18.1 Å². The van der Waals surface area contributed by atoms with Crippen molar-refractivity contribution in [3.05, 3.63) is 83.8 Å². The summed E-state index contributed by atoms with van der Waals surface area (Å²) in [6.07, 6.45) is 1.62. The number of hydrogen-bond donors (Lipinski definition) is 1. The number of methoxy groups -OCH3 is 1. The van der Waals surface area contributed by atoms with Crippen molar-refractivity contribution in [2.45, 2.75) is 31.6 Å². The molecule has 2 heterocycles. The molecular formula is C26H26N4O4S. The third-order valence-electron chi connectivity index (χ3n) is 5.42. The maximum Gasteiger partial charge on any atom is 0.217 e. The summed E-state index contributed by atoms with van der Waals surface area (Å²) < 4.78 is 12.8. The number of aromatic nitrogens is 3. The summed E-state index contributed by atoms with van der Waals surface area (Å²) in [5.74, 6) is 2.22. The third kappa shape index (κ3) is 5.99. The van der Waals surface area contributed by atoms with Crippen LogP contribution >= 0.6 is 11.8 Å². The number of hydrogen-bond acceptors (Lipinski definition) is 7. The van der Waals surface area contributed by atoms with Gasteiger partial charge in [0.05, 0.1) is 31.7 Å². The molecule has 180 valence electrons. The predicted octanol–water partition coefficient (Wildman–Crippen LogP) is 4.77. The lowest BCUT2D eigenvalue weighted by molar-refractivity contribution is -0.119. The Morgan fingerprint density at radius 1 is 1.11 bits per heavy atom. The van der Waals surface area contributed by atoms with Crippen LogP contribution in [0.3, 0.4) is 0 Å². The van der Waals surface area contributed by atoms with Crippen LogP contribution in [0.15, 0.2) is 76.5 Å². The first-order chi connectivity index (χ1) is 16.9. The van der Waals surface area contributed by atoms with Gasteiger partial charge in [-0.2, -0.15) is 0 Å². The fourth-order valence-electron chi connectivity index (χ4n) is 3.63. The van der Waals surface area contributed by atoms with E-state index >= 15 is 0 Å². The topological polar surface area (TPSA) is 99.3 Å². The van der Waals surface area contributed by atoms with Crippen molar-refractivity contribution < 1.29 is 18.7 Å². The molecular weight excluding hydrogens is 464 g/mol. The number of carbonyl (C=O) groups is 2. The Morgan fingerprint density at radius 2 is 1.91 bits per heavy atom. The highest BCUT2D eigenvalue weighted by Crippen LogP contribution is 2.28. The highest BCUT2D eigenvalue weighted by atomic mass is 32.2. The molecule has 0 aliphatic rings. The van der Waals surface area contributed by atoms with Gasteiger partial charge < -0.3 is 14.5 Å². The minimum Gasteiger partial charge on any atom is -0.497 e. The number of furan rings is 1. The minimum absolute atomic E-state index is 0.0239. The summed E-state index contributed by atoms with van der Waals surface area (Å²) in [5, 5.41) is 12.2. The first-order valence-electron chi connectivity index (χ1n) is 11.1. The molecule has 1 atom stereocenters. The molecule has 0 aliphatic carbocycles. The molecule has 4 rings (SSSR count). The number of ether oxygens (including phenoxy) is 1. The molecule has 0 fully saturated rings. The van der Waals surface area contributed by atoms with Crippen LogP contribution < -0.4 is 10.1 Å². The van der Waals surface area contributed by atoms with Crippen LogP contribution in [0.1, 0.15) is 41.6 Å². The minimum atomic E-state index is -0.124. The summed E-state index contributed by atoms with van der Waals surface area (Å²) in [5.41, 5.74) is 2.39. The average molecular weight is 491 g/mol. The zero-order valence-corrected chi connectivity index (χ0v) is 20.5. The molecule has 2 aromatic carbocycles. The largest absolute Gasteiger partial charge is 0.497 e. The molecule has 0 spiro atoms. The van der Waals surface area contributed by atoms with Gasteiger partial charge in [0.25, 0.3) is 0 Å². The van der Waals surface area contributed by atoms with Crippen LogP contribution in [0, 0.1) is 0 Å². The van der Waals surface area contributed by atoms with Gasteiger partial charge in [-0.1, -0.05) is 48.2 Å². The SMILES string of the molecule is COc1cccc(-c2nnc(SCC(=O)c3ccc(C(C)NC(C)=O)cc3)n2Cc2ccco2)c1. The van der Waals surface area contributed by atoms with Crippen molar-refractivity contribution in [3.63, 3.8) is 0 Å². The van der Waals surface area contributed by atoms with Crippen LogP contribution in [0.5, 0.6) is 5.75 Å². The molecule has 0 radical (unpaired) electrons. The van der Waals surface area contributed by atoms with Gasteiger partial charge >= 0.3 is 0 Å². The second-order valence-corrected chi connectivity index (χ2v) is 8.90. The third-order valence-corrected chi connectivity index (χ3v) is 6.39. The lowest BCUT2D eigenvalue weighted by atomic mass is 10.0. The van der Waals surface area contributed by atoms with Crippen LogP contribution in [-0.2, 0) is 11.3 Å². The maximum atomic E-state index is 12.9. The zero-order valence-electron chi connectivity index (χ0n) is 19.7. The Bertz CT molecular complexity index is 1300. The van der Waals surface area contributed by atoms with Crippen LogP contribution in [-0.4, -0.2) is 39.3 Å². The van der Waals surface area contributed by atoms with E-state index in [1.807, 2.05) is 60.0 Å². The van der Waals surface area contributed by atoms with E-state index in [1.54, 1.807) is 25.5 Å². The Labute approximate surface area is 207 Å². The number of rotatable bonds is 10. The Hall–Kier alpha value is -3.85. The number of nitrogens with zero attached hydrogens (tertiary/aromatic N) is 3. The first-order valence-corrected chi connectivity index (χ1v) is 12.1. The molecule has 1 N–H and O–H groups in total. The molecule has 1 unspecified atom stereocenters. The maximum absolute atomic E-state index is 12.9. The highest BCUT2D eigenvalue weighted by molar-refractivity contribution is 7.99. The Balaban J connectivity index is 1.52. The molecule has 1 amide bonds. The average Bonchev–Trinajstić information content (AvgIpc) is 3.52. The number of carbonyl (C=O) groups excluding carboxylic acids is 2. The lowest BCUT2D eigenvalue weighted by Crippen LogP contribution is -2.23. The fraction of sp³-hybridized carbons (Fsp3) is 0.231. The van der Waals surface area contributed by atoms with E-state index in [1.165, 1.54) is 18.7 Å². The second-order valence-electron chi connectivity index (χ2n) is 7.96. The fourth-order valence-corrected chi connectivity index (χ4v) is 4.46. The normalized spacial score (nSPS) is 11.7. The first kappa shape index (κ1) is 24.3. The molecule has 0 saturated carbocycles. The quantitative estimate of drug-likeness (QED) is 0.253.